The fourth-order valence-corrected chi connectivity index (χ4v) is 1.69. The van der Waals surface area contributed by atoms with Crippen molar-refractivity contribution in [1.29, 1.82) is 0 Å². The van der Waals surface area contributed by atoms with Crippen LogP contribution in [0.1, 0.15) is 5.56 Å². The van der Waals surface area contributed by atoms with Crippen LogP contribution >= 0.6 is 0 Å². The third-order valence-corrected chi connectivity index (χ3v) is 2.56. The first-order valence-corrected chi connectivity index (χ1v) is 5.76. The van der Waals surface area contributed by atoms with E-state index >= 15 is 0 Å². The molecule has 0 bridgehead atoms. The van der Waals surface area contributed by atoms with Crippen LogP contribution in [0.15, 0.2) is 54.6 Å². The molecule has 0 saturated heterocycles. The number of hydrogen-bond donors (Lipinski definition) is 1. The number of hydrogen-bond acceptors (Lipinski definition) is 2. The number of amides is 1. The summed E-state index contributed by atoms with van der Waals surface area (Å²) in [6.45, 7) is 0. The number of anilines is 1. The summed E-state index contributed by atoms with van der Waals surface area (Å²) in [6.07, 6.45) is 0.339. The second kappa shape index (κ2) is 5.87. The molecule has 0 aromatic heterocycles. The number of carbonyl (C=O) groups excluding carboxylic acids is 1. The maximum absolute atomic E-state index is 11.8. The maximum atomic E-state index is 11.8. The van der Waals surface area contributed by atoms with Gasteiger partial charge in [-0.05, 0) is 29.8 Å². The molecule has 0 atom stereocenters. The van der Waals surface area contributed by atoms with Gasteiger partial charge in [-0.1, -0.05) is 30.3 Å². The number of nitrogens with one attached hydrogen (secondary N) is 1. The average molecular weight is 241 g/mol. The third-order valence-electron chi connectivity index (χ3n) is 2.56. The van der Waals surface area contributed by atoms with Gasteiger partial charge in [0.25, 0.3) is 0 Å². The summed E-state index contributed by atoms with van der Waals surface area (Å²) in [5, 5.41) is 2.85. The Labute approximate surface area is 106 Å². The molecule has 0 aliphatic heterocycles. The Hall–Kier alpha value is -2.29. The molecule has 92 valence electrons. The van der Waals surface area contributed by atoms with Crippen molar-refractivity contribution < 1.29 is 9.53 Å². The van der Waals surface area contributed by atoms with Gasteiger partial charge < -0.3 is 10.1 Å². The molecule has 0 aliphatic rings. The van der Waals surface area contributed by atoms with E-state index in [2.05, 4.69) is 5.32 Å². The first kappa shape index (κ1) is 12.2. The molecule has 1 amide bonds. The van der Waals surface area contributed by atoms with Crippen molar-refractivity contribution in [2.24, 2.45) is 0 Å². The first-order valence-electron chi connectivity index (χ1n) is 5.76. The molecule has 0 spiro atoms. The molecule has 3 heteroatoms. The fourth-order valence-electron chi connectivity index (χ4n) is 1.69. The smallest absolute Gasteiger partial charge is 0.228 e. The number of ether oxygens (including phenoxy) is 1. The number of carbonyl (C=O) groups is 1. The SMILES string of the molecule is COc1cccc(CC(=O)Nc2ccccc2)c1. The van der Waals surface area contributed by atoms with Crippen molar-refractivity contribution in [1.82, 2.24) is 0 Å². The molecule has 0 heterocycles. The van der Waals surface area contributed by atoms with Gasteiger partial charge in [-0.3, -0.25) is 4.79 Å². The summed E-state index contributed by atoms with van der Waals surface area (Å²) in [5.41, 5.74) is 1.74. The van der Waals surface area contributed by atoms with Crippen molar-refractivity contribution in [2.45, 2.75) is 6.42 Å². The highest BCUT2D eigenvalue weighted by molar-refractivity contribution is 5.92. The van der Waals surface area contributed by atoms with E-state index in [-0.39, 0.29) is 5.91 Å². The lowest BCUT2D eigenvalue weighted by Gasteiger charge is -2.06. The van der Waals surface area contributed by atoms with E-state index in [0.29, 0.717) is 6.42 Å². The number of benzene rings is 2. The molecule has 0 unspecified atom stereocenters. The van der Waals surface area contributed by atoms with Crippen LogP contribution in [-0.4, -0.2) is 13.0 Å². The topological polar surface area (TPSA) is 38.3 Å². The van der Waals surface area contributed by atoms with Crippen LogP contribution in [0.4, 0.5) is 5.69 Å². The Morgan fingerprint density at radius 2 is 1.89 bits per heavy atom. The van der Waals surface area contributed by atoms with Gasteiger partial charge in [-0.15, -0.1) is 0 Å². The summed E-state index contributed by atoms with van der Waals surface area (Å²) in [7, 11) is 1.61. The third kappa shape index (κ3) is 3.35. The Bertz CT molecular complexity index is 523. The minimum absolute atomic E-state index is 0.0329. The molecule has 1 N–H and O–H groups in total. The van der Waals surface area contributed by atoms with Gasteiger partial charge in [-0.2, -0.15) is 0 Å². The molecular formula is C15H15NO2. The summed E-state index contributed by atoms with van der Waals surface area (Å²) in [5.74, 6) is 0.731. The van der Waals surface area contributed by atoms with E-state index < -0.39 is 0 Å². The zero-order chi connectivity index (χ0) is 12.8. The maximum Gasteiger partial charge on any atom is 0.228 e. The Kier molecular flexibility index (Phi) is 3.97. The van der Waals surface area contributed by atoms with Gasteiger partial charge in [0.05, 0.1) is 13.5 Å². The van der Waals surface area contributed by atoms with E-state index in [0.717, 1.165) is 17.0 Å². The normalized spacial score (nSPS) is 9.83. The molecule has 0 aliphatic carbocycles. The highest BCUT2D eigenvalue weighted by Crippen LogP contribution is 2.13. The zero-order valence-electron chi connectivity index (χ0n) is 10.2. The van der Waals surface area contributed by atoms with Crippen molar-refractivity contribution in [3.05, 3.63) is 60.2 Å². The van der Waals surface area contributed by atoms with Crippen LogP contribution in [0.25, 0.3) is 0 Å². The van der Waals surface area contributed by atoms with E-state index in [9.17, 15) is 4.79 Å². The van der Waals surface area contributed by atoms with Gasteiger partial charge in [0, 0.05) is 5.69 Å². The van der Waals surface area contributed by atoms with E-state index in [1.165, 1.54) is 0 Å². The lowest BCUT2D eigenvalue weighted by atomic mass is 10.1. The number of para-hydroxylation sites is 1. The van der Waals surface area contributed by atoms with Gasteiger partial charge in [-0.25, -0.2) is 0 Å². The van der Waals surface area contributed by atoms with E-state index in [4.69, 9.17) is 4.74 Å². The van der Waals surface area contributed by atoms with E-state index in [1.54, 1.807) is 7.11 Å². The molecular weight excluding hydrogens is 226 g/mol. The minimum atomic E-state index is -0.0329. The summed E-state index contributed by atoms with van der Waals surface area (Å²) >= 11 is 0. The molecule has 2 rings (SSSR count). The number of rotatable bonds is 4. The molecule has 2 aromatic carbocycles. The Morgan fingerprint density at radius 1 is 1.11 bits per heavy atom. The molecule has 18 heavy (non-hydrogen) atoms. The van der Waals surface area contributed by atoms with Crippen LogP contribution in [0.5, 0.6) is 5.75 Å². The van der Waals surface area contributed by atoms with Crippen LogP contribution in [0.2, 0.25) is 0 Å². The predicted octanol–water partition coefficient (Wildman–Crippen LogP) is 2.88. The number of methoxy groups -OCH3 is 1. The van der Waals surface area contributed by atoms with Gasteiger partial charge >= 0.3 is 0 Å². The summed E-state index contributed by atoms with van der Waals surface area (Å²) < 4.78 is 5.12. The predicted molar refractivity (Wildman–Crippen MR) is 71.8 cm³/mol. The standard InChI is InChI=1S/C15H15NO2/c1-18-14-9-5-6-12(10-14)11-15(17)16-13-7-3-2-4-8-13/h2-10H,11H2,1H3,(H,16,17). The monoisotopic (exact) mass is 241 g/mol. The van der Waals surface area contributed by atoms with Crippen LogP contribution in [-0.2, 0) is 11.2 Å². The highest BCUT2D eigenvalue weighted by atomic mass is 16.5. The van der Waals surface area contributed by atoms with Crippen molar-refractivity contribution in [2.75, 3.05) is 12.4 Å². The molecule has 0 radical (unpaired) electrons. The van der Waals surface area contributed by atoms with Crippen LogP contribution in [0.3, 0.4) is 0 Å². The van der Waals surface area contributed by atoms with Crippen LogP contribution in [0, 0.1) is 0 Å². The molecule has 2 aromatic rings. The van der Waals surface area contributed by atoms with Gasteiger partial charge in [0.2, 0.25) is 5.91 Å². The summed E-state index contributed by atoms with van der Waals surface area (Å²) in [6, 6.07) is 16.9. The van der Waals surface area contributed by atoms with Crippen molar-refractivity contribution in [3.63, 3.8) is 0 Å². The Morgan fingerprint density at radius 3 is 2.61 bits per heavy atom. The lowest BCUT2D eigenvalue weighted by Crippen LogP contribution is -2.14. The zero-order valence-corrected chi connectivity index (χ0v) is 10.2. The highest BCUT2D eigenvalue weighted by Gasteiger charge is 2.04. The molecule has 0 saturated carbocycles. The second-order valence-corrected chi connectivity index (χ2v) is 3.94. The Balaban J connectivity index is 1.99. The lowest BCUT2D eigenvalue weighted by molar-refractivity contribution is -0.115. The molecule has 3 nitrogen and oxygen atoms in total. The quantitative estimate of drug-likeness (QED) is 0.893. The minimum Gasteiger partial charge on any atom is -0.497 e. The van der Waals surface area contributed by atoms with Gasteiger partial charge in [0.1, 0.15) is 5.75 Å². The average Bonchev–Trinajstić information content (AvgIpc) is 2.40. The largest absolute Gasteiger partial charge is 0.497 e. The summed E-state index contributed by atoms with van der Waals surface area (Å²) in [4.78, 5) is 11.8. The van der Waals surface area contributed by atoms with Crippen LogP contribution < -0.4 is 10.1 Å². The molecule has 0 fully saturated rings. The second-order valence-electron chi connectivity index (χ2n) is 3.94. The first-order chi connectivity index (χ1) is 8.78. The van der Waals surface area contributed by atoms with E-state index in [1.807, 2.05) is 54.6 Å². The van der Waals surface area contributed by atoms with Crippen molar-refractivity contribution >= 4 is 11.6 Å². The van der Waals surface area contributed by atoms with Gasteiger partial charge in [0.15, 0.2) is 0 Å². The van der Waals surface area contributed by atoms with Crippen molar-refractivity contribution in [3.8, 4) is 5.75 Å². The fraction of sp³-hybridized carbons (Fsp3) is 0.133.